The molecule has 0 spiro atoms. The predicted octanol–water partition coefficient (Wildman–Crippen LogP) is 15.8. The number of rotatable bonds is 6. The largest absolute Gasteiger partial charge is 0.453 e. The van der Waals surface area contributed by atoms with E-state index in [0.29, 0.717) is 0 Å². The van der Waals surface area contributed by atoms with Gasteiger partial charge in [0, 0.05) is 39.1 Å². The van der Waals surface area contributed by atoms with E-state index in [1.165, 1.54) is 43.4 Å². The predicted molar refractivity (Wildman–Crippen MR) is 249 cm³/mol. The molecule has 12 rings (SSSR count). The van der Waals surface area contributed by atoms with E-state index in [9.17, 15) is 0 Å². The molecule has 0 atom stereocenters. The van der Waals surface area contributed by atoms with E-state index in [-0.39, 0.29) is 0 Å². The fraction of sp³-hybridized carbons (Fsp3) is 0. The number of anilines is 3. The van der Waals surface area contributed by atoms with E-state index >= 15 is 0 Å². The Hall–Kier alpha value is -7.88. The highest BCUT2D eigenvalue weighted by atomic mass is 16.3. The first-order chi connectivity index (χ1) is 29.3. The van der Waals surface area contributed by atoms with Crippen molar-refractivity contribution in [1.82, 2.24) is 4.57 Å². The van der Waals surface area contributed by atoms with Gasteiger partial charge in [0.2, 0.25) is 0 Å². The van der Waals surface area contributed by atoms with Crippen molar-refractivity contribution in [1.29, 1.82) is 0 Å². The van der Waals surface area contributed by atoms with Crippen molar-refractivity contribution in [2.24, 2.45) is 0 Å². The Morgan fingerprint density at radius 3 is 1.66 bits per heavy atom. The van der Waals surface area contributed by atoms with Crippen LogP contribution in [-0.4, -0.2) is 4.57 Å². The van der Waals surface area contributed by atoms with Gasteiger partial charge in [0.25, 0.3) is 0 Å². The van der Waals surface area contributed by atoms with Gasteiger partial charge in [0.1, 0.15) is 11.1 Å². The number of furan rings is 1. The van der Waals surface area contributed by atoms with Gasteiger partial charge in [0.15, 0.2) is 5.58 Å². The second-order valence-electron chi connectivity index (χ2n) is 15.3. The summed E-state index contributed by atoms with van der Waals surface area (Å²) < 4.78 is 9.22. The van der Waals surface area contributed by atoms with Crippen LogP contribution in [0.25, 0.3) is 93.2 Å². The molecule has 10 aromatic carbocycles. The van der Waals surface area contributed by atoms with Gasteiger partial charge >= 0.3 is 0 Å². The maximum atomic E-state index is 6.88. The lowest BCUT2D eigenvalue weighted by atomic mass is 9.98. The second kappa shape index (κ2) is 13.4. The summed E-state index contributed by atoms with van der Waals surface area (Å²) in [7, 11) is 0. The van der Waals surface area contributed by atoms with Gasteiger partial charge in [-0.05, 0) is 116 Å². The third kappa shape index (κ3) is 5.36. The van der Waals surface area contributed by atoms with Crippen LogP contribution in [0.5, 0.6) is 0 Å². The minimum absolute atomic E-state index is 0.892. The Morgan fingerprint density at radius 2 is 0.881 bits per heavy atom. The number of benzene rings is 10. The van der Waals surface area contributed by atoms with Crippen LogP contribution in [0.1, 0.15) is 0 Å². The summed E-state index contributed by atoms with van der Waals surface area (Å²) >= 11 is 0. The van der Waals surface area contributed by atoms with Gasteiger partial charge in [-0.1, -0.05) is 152 Å². The van der Waals surface area contributed by atoms with E-state index in [2.05, 4.69) is 228 Å². The fourth-order valence-corrected chi connectivity index (χ4v) is 9.21. The lowest BCUT2D eigenvalue weighted by molar-refractivity contribution is 0.674. The summed E-state index contributed by atoms with van der Waals surface area (Å²) in [5.41, 5.74) is 13.0. The quantitative estimate of drug-likeness (QED) is 0.158. The Balaban J connectivity index is 0.988. The number of hydrogen-bond acceptors (Lipinski definition) is 2. The van der Waals surface area contributed by atoms with Crippen LogP contribution in [0, 0.1) is 0 Å². The molecule has 0 bridgehead atoms. The standard InChI is InChI=1S/C56H36N2O/c1-2-15-42(16-3-1)58-53-23-9-8-19-51(53)56-54(58)52-22-11-21-50(55(52)59-56)40-28-32-44(33-29-40)57(45-34-35-49-41(36-45)25-24-38-13-5-7-18-47(38)49)43-30-26-39(27-31-43)48-20-10-14-37-12-4-6-17-46(37)48/h1-36H. The third-order valence-electron chi connectivity index (χ3n) is 12.0. The zero-order valence-electron chi connectivity index (χ0n) is 32.1. The lowest BCUT2D eigenvalue weighted by Crippen LogP contribution is -2.09. The zero-order valence-corrected chi connectivity index (χ0v) is 32.1. The molecular formula is C56H36N2O. The van der Waals surface area contributed by atoms with Gasteiger partial charge in [-0.15, -0.1) is 0 Å². The minimum atomic E-state index is 0.892. The topological polar surface area (TPSA) is 21.3 Å². The first kappa shape index (κ1) is 33.3. The molecule has 0 amide bonds. The summed E-state index contributed by atoms with van der Waals surface area (Å²) in [5, 5.41) is 9.67. The summed E-state index contributed by atoms with van der Waals surface area (Å²) in [5.74, 6) is 0. The van der Waals surface area contributed by atoms with Crippen LogP contribution in [0.2, 0.25) is 0 Å². The van der Waals surface area contributed by atoms with Crippen molar-refractivity contribution in [2.75, 3.05) is 4.90 Å². The molecule has 0 radical (unpaired) electrons. The minimum Gasteiger partial charge on any atom is -0.453 e. The SMILES string of the molecule is c1ccc(-n2c3ccccc3c3oc4c(-c5ccc(N(c6ccc(-c7cccc8ccccc78)cc6)c6ccc7c(ccc8ccccc87)c6)cc5)cccc4c32)cc1. The molecule has 276 valence electrons. The average Bonchev–Trinajstić information content (AvgIpc) is 3.85. The van der Waals surface area contributed by atoms with Gasteiger partial charge in [-0.3, -0.25) is 0 Å². The summed E-state index contributed by atoms with van der Waals surface area (Å²) in [6, 6.07) is 78.6. The molecule has 3 nitrogen and oxygen atoms in total. The monoisotopic (exact) mass is 752 g/mol. The van der Waals surface area contributed by atoms with Crippen molar-refractivity contribution in [2.45, 2.75) is 0 Å². The number of hydrogen-bond donors (Lipinski definition) is 0. The molecule has 3 heteroatoms. The van der Waals surface area contributed by atoms with Gasteiger partial charge in [-0.25, -0.2) is 0 Å². The van der Waals surface area contributed by atoms with Crippen molar-refractivity contribution in [3.8, 4) is 27.9 Å². The highest BCUT2D eigenvalue weighted by Crippen LogP contribution is 2.44. The number of fused-ring (bicyclic) bond motifs is 9. The average molecular weight is 753 g/mol. The molecule has 0 aliphatic carbocycles. The van der Waals surface area contributed by atoms with E-state index in [1.54, 1.807) is 0 Å². The van der Waals surface area contributed by atoms with Gasteiger partial charge in [-0.2, -0.15) is 0 Å². The number of para-hydroxylation sites is 3. The molecule has 0 aliphatic rings. The molecule has 0 saturated heterocycles. The van der Waals surface area contributed by atoms with Crippen molar-refractivity contribution >= 4 is 82.4 Å². The number of nitrogens with zero attached hydrogens (tertiary/aromatic N) is 2. The maximum absolute atomic E-state index is 6.88. The molecule has 12 aromatic rings. The molecule has 0 N–H and O–H groups in total. The Kier molecular flexibility index (Phi) is 7.54. The van der Waals surface area contributed by atoms with Crippen molar-refractivity contribution in [3.63, 3.8) is 0 Å². The first-order valence-corrected chi connectivity index (χ1v) is 20.2. The molecule has 2 heterocycles. The molecule has 0 saturated carbocycles. The molecule has 0 aliphatic heterocycles. The molecule has 59 heavy (non-hydrogen) atoms. The normalized spacial score (nSPS) is 11.7. The smallest absolute Gasteiger partial charge is 0.161 e. The Labute approximate surface area is 341 Å². The summed E-state index contributed by atoms with van der Waals surface area (Å²) in [4.78, 5) is 2.36. The first-order valence-electron chi connectivity index (χ1n) is 20.2. The van der Waals surface area contributed by atoms with Crippen molar-refractivity contribution in [3.05, 3.63) is 218 Å². The van der Waals surface area contributed by atoms with E-state index in [4.69, 9.17) is 4.42 Å². The molecular weight excluding hydrogens is 717 g/mol. The lowest BCUT2D eigenvalue weighted by Gasteiger charge is -2.26. The fourth-order valence-electron chi connectivity index (χ4n) is 9.21. The van der Waals surface area contributed by atoms with E-state index in [1.807, 2.05) is 0 Å². The van der Waals surface area contributed by atoms with Crippen molar-refractivity contribution < 1.29 is 4.42 Å². The van der Waals surface area contributed by atoms with Crippen LogP contribution in [0.3, 0.4) is 0 Å². The molecule has 0 fully saturated rings. The molecule has 2 aromatic heterocycles. The van der Waals surface area contributed by atoms with Crippen LogP contribution in [-0.2, 0) is 0 Å². The summed E-state index contributed by atoms with van der Waals surface area (Å²) in [6.07, 6.45) is 0. The Morgan fingerprint density at radius 1 is 0.339 bits per heavy atom. The van der Waals surface area contributed by atoms with Gasteiger partial charge < -0.3 is 13.9 Å². The number of aromatic nitrogens is 1. The van der Waals surface area contributed by atoms with Crippen LogP contribution in [0.4, 0.5) is 17.1 Å². The van der Waals surface area contributed by atoms with Crippen LogP contribution >= 0.6 is 0 Å². The maximum Gasteiger partial charge on any atom is 0.161 e. The van der Waals surface area contributed by atoms with Crippen LogP contribution in [0.15, 0.2) is 223 Å². The highest BCUT2D eigenvalue weighted by molar-refractivity contribution is 6.18. The highest BCUT2D eigenvalue weighted by Gasteiger charge is 2.22. The zero-order chi connectivity index (χ0) is 38.9. The van der Waals surface area contributed by atoms with Gasteiger partial charge in [0.05, 0.1) is 5.52 Å². The van der Waals surface area contributed by atoms with E-state index in [0.717, 1.165) is 66.8 Å². The molecule has 0 unspecified atom stereocenters. The summed E-state index contributed by atoms with van der Waals surface area (Å²) in [6.45, 7) is 0. The van der Waals surface area contributed by atoms with E-state index < -0.39 is 0 Å². The van der Waals surface area contributed by atoms with Crippen LogP contribution < -0.4 is 4.90 Å². The Bertz CT molecular complexity index is 3540. The second-order valence-corrected chi connectivity index (χ2v) is 15.3. The third-order valence-corrected chi connectivity index (χ3v) is 12.0.